The molecule has 0 unspecified atom stereocenters. The number of hydrogen-bond donors (Lipinski definition) is 0. The molecule has 0 aliphatic carbocycles. The van der Waals surface area contributed by atoms with Gasteiger partial charge in [0.25, 0.3) is 0 Å². The van der Waals surface area contributed by atoms with E-state index in [0.29, 0.717) is 13.1 Å². The summed E-state index contributed by atoms with van der Waals surface area (Å²) in [5, 5.41) is 0.777. The molecular weight excluding hydrogens is 358 g/mol. The number of nitrogens with zero attached hydrogens (tertiary/aromatic N) is 3. The number of rotatable bonds is 5. The number of aromatic nitrogens is 1. The van der Waals surface area contributed by atoms with Gasteiger partial charge in [-0.2, -0.15) is 4.31 Å². The van der Waals surface area contributed by atoms with Crippen molar-refractivity contribution in [3.63, 3.8) is 0 Å². The van der Waals surface area contributed by atoms with Crippen molar-refractivity contribution in [2.24, 2.45) is 0 Å². The first-order chi connectivity index (χ1) is 12.0. The number of thioether (sulfide) groups is 1. The van der Waals surface area contributed by atoms with Gasteiger partial charge in [0.05, 0.1) is 22.3 Å². The van der Waals surface area contributed by atoms with Crippen molar-refractivity contribution in [1.82, 2.24) is 14.2 Å². The van der Waals surface area contributed by atoms with Crippen LogP contribution in [0.3, 0.4) is 0 Å². The molecule has 3 rings (SSSR count). The Kier molecular flexibility index (Phi) is 5.41. The molecule has 2 aromatic rings. The highest BCUT2D eigenvalue weighted by Crippen LogP contribution is 2.21. The van der Waals surface area contributed by atoms with Crippen molar-refractivity contribution in [3.8, 4) is 0 Å². The van der Waals surface area contributed by atoms with Crippen LogP contribution >= 0.6 is 11.8 Å². The van der Waals surface area contributed by atoms with Gasteiger partial charge in [0.15, 0.2) is 0 Å². The van der Waals surface area contributed by atoms with E-state index >= 15 is 0 Å². The van der Waals surface area contributed by atoms with Crippen LogP contribution in [0.15, 0.2) is 58.6 Å². The van der Waals surface area contributed by atoms with Gasteiger partial charge in [-0.15, -0.1) is 0 Å². The molecule has 1 aromatic carbocycles. The first-order valence-corrected chi connectivity index (χ1v) is 10.3. The lowest BCUT2D eigenvalue weighted by Crippen LogP contribution is -2.34. The van der Waals surface area contributed by atoms with Crippen LogP contribution in [0.5, 0.6) is 0 Å². The van der Waals surface area contributed by atoms with Crippen molar-refractivity contribution in [2.45, 2.75) is 16.8 Å². The molecule has 1 aromatic heterocycles. The molecular formula is C17H19N3O3S2. The summed E-state index contributed by atoms with van der Waals surface area (Å²) in [5.41, 5.74) is 1.00. The fraction of sp³-hybridized carbons (Fsp3) is 0.294. The minimum atomic E-state index is -3.57. The van der Waals surface area contributed by atoms with Crippen LogP contribution in [0.1, 0.15) is 5.56 Å². The second-order valence-corrected chi connectivity index (χ2v) is 8.68. The number of carbonyl (C=O) groups is 1. The maximum atomic E-state index is 12.7. The van der Waals surface area contributed by atoms with Crippen LogP contribution in [0.4, 0.5) is 0 Å². The maximum Gasteiger partial charge on any atom is 0.244 e. The minimum Gasteiger partial charge on any atom is -0.327 e. The molecule has 2 heterocycles. The zero-order chi connectivity index (χ0) is 17.9. The van der Waals surface area contributed by atoms with Gasteiger partial charge in [-0.1, -0.05) is 35.5 Å². The summed E-state index contributed by atoms with van der Waals surface area (Å²) in [5.74, 6) is 0.160. The average molecular weight is 377 g/mol. The Morgan fingerprint density at radius 1 is 1.16 bits per heavy atom. The topological polar surface area (TPSA) is 70.6 Å². The van der Waals surface area contributed by atoms with E-state index in [2.05, 4.69) is 4.98 Å². The van der Waals surface area contributed by atoms with Gasteiger partial charge < -0.3 is 4.90 Å². The number of hydrogen-bond acceptors (Lipinski definition) is 5. The standard InChI is InChI=1S/C17H19N3O3S2/c1-14-5-7-15(8-6-14)25(22,23)20-11-10-19(13-20)17(21)12-24-16-4-2-3-9-18-16/h2-9H,10-13H2,1H3. The van der Waals surface area contributed by atoms with Gasteiger partial charge in [-0.05, 0) is 31.2 Å². The zero-order valence-electron chi connectivity index (χ0n) is 13.8. The highest BCUT2D eigenvalue weighted by atomic mass is 32.2. The number of amides is 1. The Hall–Kier alpha value is -1.90. The molecule has 6 nitrogen and oxygen atoms in total. The Labute approximate surface area is 151 Å². The van der Waals surface area contributed by atoms with Crippen molar-refractivity contribution in [3.05, 3.63) is 54.2 Å². The maximum absolute atomic E-state index is 12.7. The van der Waals surface area contributed by atoms with Crippen molar-refractivity contribution in [2.75, 3.05) is 25.5 Å². The van der Waals surface area contributed by atoms with Crippen LogP contribution in [-0.2, 0) is 14.8 Å². The molecule has 8 heteroatoms. The lowest BCUT2D eigenvalue weighted by atomic mass is 10.2. The molecule has 0 radical (unpaired) electrons. The van der Waals surface area contributed by atoms with Gasteiger partial charge in [0.1, 0.15) is 0 Å². The minimum absolute atomic E-state index is 0.0859. The van der Waals surface area contributed by atoms with E-state index < -0.39 is 10.0 Å². The molecule has 0 atom stereocenters. The number of benzene rings is 1. The van der Waals surface area contributed by atoms with Gasteiger partial charge in [0, 0.05) is 19.3 Å². The average Bonchev–Trinajstić information content (AvgIpc) is 3.12. The molecule has 0 N–H and O–H groups in total. The van der Waals surface area contributed by atoms with E-state index in [-0.39, 0.29) is 23.2 Å². The Bertz CT molecular complexity index is 839. The van der Waals surface area contributed by atoms with Crippen LogP contribution in [-0.4, -0.2) is 54.0 Å². The second kappa shape index (κ2) is 7.55. The molecule has 0 saturated carbocycles. The van der Waals surface area contributed by atoms with Gasteiger partial charge in [-0.25, -0.2) is 13.4 Å². The third-order valence-electron chi connectivity index (χ3n) is 3.94. The summed E-state index contributed by atoms with van der Waals surface area (Å²) in [7, 11) is -3.57. The molecule has 132 valence electrons. The van der Waals surface area contributed by atoms with E-state index in [1.54, 1.807) is 35.4 Å². The third kappa shape index (κ3) is 4.20. The summed E-state index contributed by atoms with van der Waals surface area (Å²) >= 11 is 1.35. The molecule has 1 aliphatic heterocycles. The van der Waals surface area contributed by atoms with Gasteiger partial charge in [0.2, 0.25) is 15.9 Å². The smallest absolute Gasteiger partial charge is 0.244 e. The SMILES string of the molecule is Cc1ccc(S(=O)(=O)N2CCN(C(=O)CSc3ccccn3)C2)cc1. The summed E-state index contributed by atoms with van der Waals surface area (Å²) in [6.07, 6.45) is 1.68. The summed E-state index contributed by atoms with van der Waals surface area (Å²) < 4.78 is 26.7. The predicted octanol–water partition coefficient (Wildman–Crippen LogP) is 1.97. The Balaban J connectivity index is 1.61. The van der Waals surface area contributed by atoms with Gasteiger partial charge >= 0.3 is 0 Å². The van der Waals surface area contributed by atoms with Crippen LogP contribution in [0.2, 0.25) is 0 Å². The highest BCUT2D eigenvalue weighted by molar-refractivity contribution is 7.99. The van der Waals surface area contributed by atoms with Crippen molar-refractivity contribution in [1.29, 1.82) is 0 Å². The van der Waals surface area contributed by atoms with Crippen LogP contribution in [0.25, 0.3) is 0 Å². The molecule has 1 amide bonds. The fourth-order valence-electron chi connectivity index (χ4n) is 2.48. The van der Waals surface area contributed by atoms with Crippen molar-refractivity contribution < 1.29 is 13.2 Å². The van der Waals surface area contributed by atoms with E-state index in [4.69, 9.17) is 0 Å². The molecule has 0 spiro atoms. The van der Waals surface area contributed by atoms with Crippen LogP contribution in [0, 0.1) is 6.92 Å². The number of carbonyl (C=O) groups excluding carboxylic acids is 1. The first kappa shape index (κ1) is 17.9. The van der Waals surface area contributed by atoms with Crippen molar-refractivity contribution >= 4 is 27.7 Å². The normalized spacial score (nSPS) is 15.5. The molecule has 1 aliphatic rings. The number of pyridine rings is 1. The lowest BCUT2D eigenvalue weighted by Gasteiger charge is -2.18. The zero-order valence-corrected chi connectivity index (χ0v) is 15.5. The number of aryl methyl sites for hydroxylation is 1. The lowest BCUT2D eigenvalue weighted by molar-refractivity contribution is -0.127. The van der Waals surface area contributed by atoms with E-state index in [0.717, 1.165) is 10.6 Å². The molecule has 1 saturated heterocycles. The fourth-order valence-corrected chi connectivity index (χ4v) is 4.64. The van der Waals surface area contributed by atoms with E-state index in [1.807, 2.05) is 25.1 Å². The first-order valence-electron chi connectivity index (χ1n) is 7.85. The van der Waals surface area contributed by atoms with Gasteiger partial charge in [-0.3, -0.25) is 4.79 Å². The largest absolute Gasteiger partial charge is 0.327 e. The highest BCUT2D eigenvalue weighted by Gasteiger charge is 2.33. The Morgan fingerprint density at radius 2 is 1.92 bits per heavy atom. The number of sulfonamides is 1. The molecule has 0 bridgehead atoms. The van der Waals surface area contributed by atoms with E-state index in [9.17, 15) is 13.2 Å². The summed E-state index contributed by atoms with van der Waals surface area (Å²) in [6.45, 7) is 2.73. The summed E-state index contributed by atoms with van der Waals surface area (Å²) in [4.78, 5) is 18.3. The predicted molar refractivity (Wildman–Crippen MR) is 96.6 cm³/mol. The second-order valence-electron chi connectivity index (χ2n) is 5.75. The third-order valence-corrected chi connectivity index (χ3v) is 6.71. The van der Waals surface area contributed by atoms with Crippen LogP contribution < -0.4 is 0 Å². The molecule has 25 heavy (non-hydrogen) atoms. The monoisotopic (exact) mass is 377 g/mol. The quantitative estimate of drug-likeness (QED) is 0.745. The summed E-state index contributed by atoms with van der Waals surface area (Å²) in [6, 6.07) is 12.3. The molecule has 1 fully saturated rings. The van der Waals surface area contributed by atoms with E-state index in [1.165, 1.54) is 16.1 Å². The Morgan fingerprint density at radius 3 is 2.60 bits per heavy atom.